The largest absolute Gasteiger partial charge is 0.459 e. The number of carbonyl (C=O) groups excluding carboxylic acids is 2. The maximum atomic E-state index is 14.4. The molecule has 0 amide bonds. The minimum atomic E-state index is -3.79. The summed E-state index contributed by atoms with van der Waals surface area (Å²) in [6.45, 7) is 17.0. The summed E-state index contributed by atoms with van der Waals surface area (Å²) in [7, 11) is -0.345. The number of rotatable bonds is 14. The normalized spacial score (nSPS) is 42.7. The zero-order chi connectivity index (χ0) is 51.0. The molecule has 2 bridgehead atoms. The number of hydrogen-bond donors (Lipinski definition) is 5. The van der Waals surface area contributed by atoms with Crippen LogP contribution < -0.4 is 5.14 Å². The summed E-state index contributed by atoms with van der Waals surface area (Å²) >= 11 is 0. The molecule has 4 saturated heterocycles. The van der Waals surface area contributed by atoms with Crippen LogP contribution in [0.5, 0.6) is 0 Å². The molecule has 5 aliphatic rings. The molecule has 4 fully saturated rings. The molecule has 20 nitrogen and oxygen atoms in total. The van der Waals surface area contributed by atoms with Gasteiger partial charge in [0.25, 0.3) is 0 Å². The van der Waals surface area contributed by atoms with E-state index in [-0.39, 0.29) is 48.7 Å². The van der Waals surface area contributed by atoms with Crippen LogP contribution >= 0.6 is 0 Å². The zero-order valence-corrected chi connectivity index (χ0v) is 43.0. The number of nitrogens with two attached hydrogens (primary N) is 1. The third kappa shape index (κ3) is 12.4. The van der Waals surface area contributed by atoms with Gasteiger partial charge in [-0.2, -0.15) is 5.11 Å². The van der Waals surface area contributed by atoms with Crippen molar-refractivity contribution in [3.8, 4) is 0 Å². The van der Waals surface area contributed by atoms with Crippen molar-refractivity contribution in [1.82, 2.24) is 9.91 Å². The fraction of sp³-hybridized carbons (Fsp3) is 0.833. The van der Waals surface area contributed by atoms with Gasteiger partial charge >= 0.3 is 5.97 Å². The first-order chi connectivity index (χ1) is 32.2. The summed E-state index contributed by atoms with van der Waals surface area (Å²) < 4.78 is 68.2. The molecule has 6 N–H and O–H groups in total. The fourth-order valence-electron chi connectivity index (χ4n) is 11.1. The van der Waals surface area contributed by atoms with Gasteiger partial charge in [-0.3, -0.25) is 14.6 Å². The molecule has 1 aromatic carbocycles. The van der Waals surface area contributed by atoms with Gasteiger partial charge < -0.3 is 58.5 Å². The third-order valence-corrected chi connectivity index (χ3v) is 16.5. The number of fused-ring (bicyclic) bond motifs is 2. The van der Waals surface area contributed by atoms with Crippen LogP contribution in [0.3, 0.4) is 0 Å². The highest BCUT2D eigenvalue weighted by Gasteiger charge is 2.56. The molecule has 69 heavy (non-hydrogen) atoms. The van der Waals surface area contributed by atoms with Gasteiger partial charge in [-0.1, -0.05) is 38.1 Å². The van der Waals surface area contributed by atoms with E-state index in [9.17, 15) is 38.4 Å². The summed E-state index contributed by atoms with van der Waals surface area (Å²) in [5, 5.41) is 62.5. The van der Waals surface area contributed by atoms with Gasteiger partial charge in [-0.25, -0.2) is 13.6 Å². The van der Waals surface area contributed by atoms with Crippen LogP contribution in [0.25, 0.3) is 0 Å². The van der Waals surface area contributed by atoms with Crippen molar-refractivity contribution >= 4 is 21.8 Å². The van der Waals surface area contributed by atoms with E-state index in [2.05, 4.69) is 15.2 Å². The number of esters is 1. The average molecular weight is 998 g/mol. The number of sulfonamides is 1. The smallest absolute Gasteiger partial charge is 0.311 e. The Hall–Kier alpha value is -2.77. The monoisotopic (exact) mass is 998 g/mol. The number of likely N-dealkylation sites (N-methyl/N-ethyl adjacent to an activating group) is 1. The second-order valence-corrected chi connectivity index (χ2v) is 22.6. The van der Waals surface area contributed by atoms with Crippen LogP contribution in [0.4, 0.5) is 0 Å². The number of hydrogen-bond acceptors (Lipinski definition) is 19. The number of carbonyl (C=O) groups is 2. The summed E-state index contributed by atoms with van der Waals surface area (Å²) in [5.74, 6) is -4.60. The van der Waals surface area contributed by atoms with Crippen molar-refractivity contribution in [3.63, 3.8) is 0 Å². The molecule has 392 valence electrons. The number of aliphatic hydroxyl groups excluding tert-OH is 3. The molecule has 6 rings (SSSR count). The highest BCUT2D eigenvalue weighted by Crippen LogP contribution is 2.45. The number of cyclic esters (lactones) is 1. The lowest BCUT2D eigenvalue weighted by molar-refractivity contribution is -0.317. The van der Waals surface area contributed by atoms with Crippen molar-refractivity contribution < 1.29 is 71.6 Å². The van der Waals surface area contributed by atoms with Gasteiger partial charge in [0.1, 0.15) is 29.7 Å². The molecule has 0 aromatic heterocycles. The molecule has 1 aromatic rings. The standard InChI is InChI=1S/C48H79N5O15S/c1-12-36-48(9,59)41(56)27(3)38(54)32-21-47(8,63-25-32)43(28(4)40(29(5)44(58)66-36)67-37-22-46(7,62-11)42(57)30(6)65-37)68-45-39(55)35(20-26(2)64-45)52(10)19-13-14-33-24-53(51-50-33)23-31-15-17-34(18-16-31)69(49,60)61/h15-18,26-30,32-33,35-37,39-43,45,55-57,59H,12-14,19-25H2,1-11H3,(H2,49,60,61)/t26-,27+,28+,29-,30+,32+,33?,35+,36-,37+,39-,40+,41-,42+,43-,45+,46-,47-,48-/m1/s1. The number of ketones is 1. The van der Waals surface area contributed by atoms with E-state index >= 15 is 0 Å². The van der Waals surface area contributed by atoms with Crippen LogP contribution in [0, 0.1) is 23.7 Å². The Kier molecular flexibility index (Phi) is 17.8. The molecule has 0 spiro atoms. The van der Waals surface area contributed by atoms with Crippen molar-refractivity contribution in [2.75, 3.05) is 33.9 Å². The highest BCUT2D eigenvalue weighted by molar-refractivity contribution is 7.89. The summed E-state index contributed by atoms with van der Waals surface area (Å²) in [6, 6.07) is 5.92. The second kappa shape index (κ2) is 22.1. The number of primary sulfonamides is 1. The SMILES string of the molecule is CC[C@H]1OC(=O)[C@H](C)[C@@H](O[C@H]2C[C@@](C)(OC)[C@@H](O)[C@H](C)O2)[C@H](C)[C@@H](O[C@@H]2O[C@H](C)C[C@H](N(C)CCCC3CN(Cc4ccc(S(N)(=O)=O)cc4)N=N3)[C@H]2O)[C@@]2(C)C[C@@H](CO2)C(=O)[C@H](C)[C@@H](O)[C@]1(C)O. The predicted octanol–water partition coefficient (Wildman–Crippen LogP) is 2.85. The van der Waals surface area contributed by atoms with E-state index in [0.717, 1.165) is 18.4 Å². The summed E-state index contributed by atoms with van der Waals surface area (Å²) in [5.41, 5.74) is -3.41. The Morgan fingerprint density at radius 1 is 0.971 bits per heavy atom. The number of methoxy groups -OCH3 is 1. The average Bonchev–Trinajstić information content (AvgIpc) is 3.93. The maximum absolute atomic E-state index is 14.4. The van der Waals surface area contributed by atoms with Gasteiger partial charge in [0.15, 0.2) is 12.6 Å². The minimum Gasteiger partial charge on any atom is -0.459 e. The minimum absolute atomic E-state index is 0.00929. The van der Waals surface area contributed by atoms with E-state index in [1.54, 1.807) is 46.8 Å². The molecule has 0 aliphatic carbocycles. The summed E-state index contributed by atoms with van der Waals surface area (Å²) in [6.07, 6.45) is -7.78. The molecule has 1 unspecified atom stereocenters. The Morgan fingerprint density at radius 3 is 2.29 bits per heavy atom. The van der Waals surface area contributed by atoms with Crippen LogP contribution in [-0.4, -0.2) is 175 Å². The number of nitrogens with zero attached hydrogens (tertiary/aromatic N) is 4. The first-order valence-corrected chi connectivity index (χ1v) is 26.1. The predicted molar refractivity (Wildman–Crippen MR) is 249 cm³/mol. The first kappa shape index (κ1) is 55.5. The van der Waals surface area contributed by atoms with Crippen molar-refractivity contribution in [3.05, 3.63) is 29.8 Å². The van der Waals surface area contributed by atoms with Gasteiger partial charge in [-0.15, -0.1) is 0 Å². The molecule has 0 saturated carbocycles. The van der Waals surface area contributed by atoms with Crippen molar-refractivity contribution in [2.45, 2.75) is 203 Å². The quantitative estimate of drug-likeness (QED) is 0.168. The Labute approximate surface area is 407 Å². The Balaban J connectivity index is 1.22. The van der Waals surface area contributed by atoms with E-state index in [0.29, 0.717) is 26.1 Å². The lowest BCUT2D eigenvalue weighted by Crippen LogP contribution is -2.61. The lowest BCUT2D eigenvalue weighted by atomic mass is 9.75. The first-order valence-electron chi connectivity index (χ1n) is 24.5. The van der Waals surface area contributed by atoms with Crippen LogP contribution in [0.2, 0.25) is 0 Å². The van der Waals surface area contributed by atoms with E-state index in [4.69, 9.17) is 38.3 Å². The molecular weight excluding hydrogens is 919 g/mol. The van der Waals surface area contributed by atoms with Crippen LogP contribution in [0.1, 0.15) is 106 Å². The van der Waals surface area contributed by atoms with Gasteiger partial charge in [0.2, 0.25) is 10.0 Å². The zero-order valence-electron chi connectivity index (χ0n) is 42.2. The molecule has 5 aliphatic heterocycles. The van der Waals surface area contributed by atoms with E-state index in [1.165, 1.54) is 26.2 Å². The number of aliphatic hydroxyl groups is 4. The Morgan fingerprint density at radius 2 is 1.65 bits per heavy atom. The second-order valence-electron chi connectivity index (χ2n) is 21.1. The third-order valence-electron chi connectivity index (χ3n) is 15.6. The molecule has 0 radical (unpaired) electrons. The van der Waals surface area contributed by atoms with Crippen LogP contribution in [0.15, 0.2) is 39.5 Å². The lowest BCUT2D eigenvalue weighted by Gasteiger charge is -2.49. The Bertz CT molecular complexity index is 2050. The maximum Gasteiger partial charge on any atom is 0.311 e. The van der Waals surface area contributed by atoms with E-state index in [1.807, 2.05) is 32.8 Å². The molecular formula is C48H79N5O15S. The highest BCUT2D eigenvalue weighted by atomic mass is 32.2. The van der Waals surface area contributed by atoms with Crippen molar-refractivity contribution in [1.29, 1.82) is 0 Å². The number of ether oxygens (including phenoxy) is 7. The summed E-state index contributed by atoms with van der Waals surface area (Å²) in [4.78, 5) is 30.7. The van der Waals surface area contributed by atoms with Crippen LogP contribution in [-0.2, 0) is 59.3 Å². The van der Waals surface area contributed by atoms with Gasteiger partial charge in [0, 0.05) is 37.3 Å². The number of Topliss-reactive ketones (excluding diaryl/α,β-unsaturated/α-hetero) is 1. The molecule has 5 heterocycles. The fourth-order valence-corrected chi connectivity index (χ4v) is 11.6. The van der Waals surface area contributed by atoms with E-state index < -0.39 is 118 Å². The number of benzene rings is 1. The van der Waals surface area contributed by atoms with Crippen molar-refractivity contribution in [2.24, 2.45) is 39.1 Å². The molecule has 19 atom stereocenters. The molecule has 21 heteroatoms. The van der Waals surface area contributed by atoms with Gasteiger partial charge in [0.05, 0.1) is 78.3 Å². The van der Waals surface area contributed by atoms with Gasteiger partial charge in [-0.05, 0) is 105 Å². The topological polar surface area (TPSA) is 271 Å².